The molecule has 2 aromatic rings. The van der Waals surface area contributed by atoms with Crippen molar-refractivity contribution in [3.63, 3.8) is 0 Å². The Morgan fingerprint density at radius 3 is 2.11 bits per heavy atom. The van der Waals surface area contributed by atoms with Crippen LogP contribution >= 0.6 is 12.4 Å². The van der Waals surface area contributed by atoms with Crippen LogP contribution in [0.25, 0.3) is 0 Å². The predicted octanol–water partition coefficient (Wildman–Crippen LogP) is 3.49. The molecule has 2 aromatic carbocycles. The first kappa shape index (κ1) is 22.6. The summed E-state index contributed by atoms with van der Waals surface area (Å²) in [5.74, 6) is -0.910. The molecule has 0 bridgehead atoms. The largest absolute Gasteiger partial charge is 0.351 e. The van der Waals surface area contributed by atoms with E-state index in [4.69, 9.17) is 5.73 Å². The van der Waals surface area contributed by atoms with Gasteiger partial charge in [-0.05, 0) is 47.4 Å². The summed E-state index contributed by atoms with van der Waals surface area (Å²) in [6.45, 7) is 6.09. The van der Waals surface area contributed by atoms with Crippen molar-refractivity contribution in [2.45, 2.75) is 33.4 Å². The van der Waals surface area contributed by atoms with Crippen LogP contribution in [-0.2, 0) is 11.3 Å². The van der Waals surface area contributed by atoms with Crippen molar-refractivity contribution in [2.24, 2.45) is 11.1 Å². The van der Waals surface area contributed by atoms with E-state index in [1.807, 2.05) is 32.9 Å². The molecule has 0 aromatic heterocycles. The monoisotopic (exact) mass is 393 g/mol. The van der Waals surface area contributed by atoms with Gasteiger partial charge in [0.1, 0.15) is 5.82 Å². The first-order valence-electron chi connectivity index (χ1n) is 8.36. The molecule has 0 saturated carbocycles. The molecule has 0 aliphatic heterocycles. The molecule has 0 aliphatic rings. The smallest absolute Gasteiger partial charge is 0.255 e. The second-order valence-corrected chi connectivity index (χ2v) is 7.22. The van der Waals surface area contributed by atoms with Gasteiger partial charge in [0, 0.05) is 17.8 Å². The fourth-order valence-corrected chi connectivity index (χ4v) is 2.20. The standard InChI is InChI=1S/C20H24FN3O2.ClH/c1-20(2,3)17(22)19(26)23-12-13-4-10-16(11-5-13)24-18(25)14-6-8-15(21)9-7-14;/h4-11,17H,12,22H2,1-3H3,(H,23,26)(H,24,25);1H/t17-;/m1./s1. The van der Waals surface area contributed by atoms with Crippen LogP contribution in [0.1, 0.15) is 36.7 Å². The van der Waals surface area contributed by atoms with Crippen LogP contribution in [0.5, 0.6) is 0 Å². The fourth-order valence-electron chi connectivity index (χ4n) is 2.20. The third kappa shape index (κ3) is 6.66. The summed E-state index contributed by atoms with van der Waals surface area (Å²) >= 11 is 0. The van der Waals surface area contributed by atoms with Crippen LogP contribution in [0.3, 0.4) is 0 Å². The van der Waals surface area contributed by atoms with Crippen molar-refractivity contribution in [3.05, 3.63) is 65.5 Å². The molecule has 5 nitrogen and oxygen atoms in total. The zero-order valence-corrected chi connectivity index (χ0v) is 16.4. The lowest BCUT2D eigenvalue weighted by atomic mass is 9.87. The van der Waals surface area contributed by atoms with Gasteiger partial charge in [0.2, 0.25) is 5.91 Å². The highest BCUT2D eigenvalue weighted by atomic mass is 35.5. The number of carbonyl (C=O) groups is 2. The molecule has 0 aliphatic carbocycles. The van der Waals surface area contributed by atoms with Crippen LogP contribution in [0.15, 0.2) is 48.5 Å². The Morgan fingerprint density at radius 1 is 1.04 bits per heavy atom. The van der Waals surface area contributed by atoms with Crippen LogP contribution in [-0.4, -0.2) is 17.9 Å². The average Bonchev–Trinajstić information content (AvgIpc) is 2.60. The lowest BCUT2D eigenvalue weighted by Crippen LogP contribution is -2.48. The lowest BCUT2D eigenvalue weighted by molar-refractivity contribution is -0.124. The maximum Gasteiger partial charge on any atom is 0.255 e. The molecule has 0 heterocycles. The Balaban J connectivity index is 0.00000364. The third-order valence-electron chi connectivity index (χ3n) is 4.00. The van der Waals surface area contributed by atoms with E-state index in [0.717, 1.165) is 5.56 Å². The molecule has 146 valence electrons. The average molecular weight is 394 g/mol. The van der Waals surface area contributed by atoms with Crippen LogP contribution in [0.4, 0.5) is 10.1 Å². The summed E-state index contributed by atoms with van der Waals surface area (Å²) in [6.07, 6.45) is 0. The van der Waals surface area contributed by atoms with Gasteiger partial charge in [0.15, 0.2) is 0 Å². The van der Waals surface area contributed by atoms with E-state index in [1.54, 1.807) is 12.1 Å². The number of nitrogens with one attached hydrogen (secondary N) is 2. The molecule has 0 radical (unpaired) electrons. The van der Waals surface area contributed by atoms with E-state index < -0.39 is 6.04 Å². The molecule has 0 fully saturated rings. The van der Waals surface area contributed by atoms with Crippen molar-refractivity contribution in [1.82, 2.24) is 5.32 Å². The number of hydrogen-bond acceptors (Lipinski definition) is 3. The second kappa shape index (κ2) is 9.48. The van der Waals surface area contributed by atoms with Crippen molar-refractivity contribution < 1.29 is 14.0 Å². The molecule has 1 atom stereocenters. The molecule has 4 N–H and O–H groups in total. The van der Waals surface area contributed by atoms with Crippen LogP contribution in [0.2, 0.25) is 0 Å². The van der Waals surface area contributed by atoms with Crippen LogP contribution in [0, 0.1) is 11.2 Å². The number of hydrogen-bond donors (Lipinski definition) is 3. The number of amides is 2. The topological polar surface area (TPSA) is 84.2 Å². The van der Waals surface area contributed by atoms with Gasteiger partial charge in [-0.15, -0.1) is 12.4 Å². The maximum absolute atomic E-state index is 12.9. The molecular formula is C20H25ClFN3O2. The number of anilines is 1. The Hall–Kier alpha value is -2.44. The molecule has 2 rings (SSSR count). The number of carbonyl (C=O) groups excluding carboxylic acids is 2. The van der Waals surface area contributed by atoms with Gasteiger partial charge in [-0.1, -0.05) is 32.9 Å². The van der Waals surface area contributed by atoms with Gasteiger partial charge in [-0.25, -0.2) is 4.39 Å². The van der Waals surface area contributed by atoms with Crippen molar-refractivity contribution in [3.8, 4) is 0 Å². The summed E-state index contributed by atoms with van der Waals surface area (Å²) in [7, 11) is 0. The lowest BCUT2D eigenvalue weighted by Gasteiger charge is -2.25. The van der Waals surface area contributed by atoms with E-state index in [9.17, 15) is 14.0 Å². The van der Waals surface area contributed by atoms with E-state index in [1.165, 1.54) is 24.3 Å². The first-order chi connectivity index (χ1) is 12.2. The molecular weight excluding hydrogens is 369 g/mol. The third-order valence-corrected chi connectivity index (χ3v) is 4.00. The van der Waals surface area contributed by atoms with Gasteiger partial charge in [-0.3, -0.25) is 9.59 Å². The van der Waals surface area contributed by atoms with Gasteiger partial charge >= 0.3 is 0 Å². The fraction of sp³-hybridized carbons (Fsp3) is 0.300. The second-order valence-electron chi connectivity index (χ2n) is 7.22. The van der Waals surface area contributed by atoms with Gasteiger partial charge in [0.05, 0.1) is 6.04 Å². The van der Waals surface area contributed by atoms with Gasteiger partial charge < -0.3 is 16.4 Å². The molecule has 2 amide bonds. The molecule has 7 heteroatoms. The zero-order chi connectivity index (χ0) is 19.3. The molecule has 0 saturated heterocycles. The minimum Gasteiger partial charge on any atom is -0.351 e. The summed E-state index contributed by atoms with van der Waals surface area (Å²) in [5.41, 5.74) is 7.49. The van der Waals surface area contributed by atoms with E-state index in [0.29, 0.717) is 17.8 Å². The number of rotatable bonds is 5. The molecule has 0 spiro atoms. The summed E-state index contributed by atoms with van der Waals surface area (Å²) in [6, 6.07) is 11.8. The number of halogens is 2. The predicted molar refractivity (Wildman–Crippen MR) is 107 cm³/mol. The normalized spacial score (nSPS) is 11.9. The quantitative estimate of drug-likeness (QED) is 0.727. The number of benzene rings is 2. The minimum atomic E-state index is -0.586. The summed E-state index contributed by atoms with van der Waals surface area (Å²) in [5, 5.41) is 5.55. The highest BCUT2D eigenvalue weighted by molar-refractivity contribution is 6.04. The van der Waals surface area contributed by atoms with Gasteiger partial charge in [0.25, 0.3) is 5.91 Å². The number of nitrogens with two attached hydrogens (primary N) is 1. The van der Waals surface area contributed by atoms with Crippen molar-refractivity contribution in [1.29, 1.82) is 0 Å². The van der Waals surface area contributed by atoms with Crippen molar-refractivity contribution >= 4 is 29.9 Å². The maximum atomic E-state index is 12.9. The van der Waals surface area contributed by atoms with E-state index in [2.05, 4.69) is 10.6 Å². The Labute approximate surface area is 164 Å². The summed E-state index contributed by atoms with van der Waals surface area (Å²) in [4.78, 5) is 24.1. The highest BCUT2D eigenvalue weighted by Crippen LogP contribution is 2.17. The molecule has 0 unspecified atom stereocenters. The SMILES string of the molecule is CC(C)(C)[C@H](N)C(=O)NCc1ccc(NC(=O)c2ccc(F)cc2)cc1.Cl. The van der Waals surface area contributed by atoms with E-state index >= 15 is 0 Å². The zero-order valence-electron chi connectivity index (χ0n) is 15.6. The van der Waals surface area contributed by atoms with Crippen LogP contribution < -0.4 is 16.4 Å². The molecule has 27 heavy (non-hydrogen) atoms. The Bertz CT molecular complexity index is 771. The van der Waals surface area contributed by atoms with Gasteiger partial charge in [-0.2, -0.15) is 0 Å². The Kier molecular flexibility index (Phi) is 7.94. The van der Waals surface area contributed by atoms with E-state index in [-0.39, 0.29) is 35.5 Å². The Morgan fingerprint density at radius 2 is 1.59 bits per heavy atom. The highest BCUT2D eigenvalue weighted by Gasteiger charge is 2.27. The minimum absolute atomic E-state index is 0. The van der Waals surface area contributed by atoms with Crippen molar-refractivity contribution in [2.75, 3.05) is 5.32 Å². The summed E-state index contributed by atoms with van der Waals surface area (Å²) < 4.78 is 12.9. The first-order valence-corrected chi connectivity index (χ1v) is 8.36.